The van der Waals surface area contributed by atoms with Crippen molar-refractivity contribution in [2.45, 2.75) is 187 Å². The fraction of sp³-hybridized carbons (Fsp3) is 0.640. The minimum Gasteiger partial charge on any atom is -0.462 e. The van der Waals surface area contributed by atoms with Gasteiger partial charge in [0.15, 0.2) is 6.10 Å². The number of phosphoric ester groups is 1. The number of allylic oxidation sites excluding steroid dienone is 16. The van der Waals surface area contributed by atoms with Crippen LogP contribution >= 0.6 is 7.82 Å². The molecule has 336 valence electrons. The molecule has 0 rings (SSSR count). The van der Waals surface area contributed by atoms with Gasteiger partial charge in [-0.25, -0.2) is 4.57 Å². The van der Waals surface area contributed by atoms with Gasteiger partial charge in [-0.1, -0.05) is 175 Å². The van der Waals surface area contributed by atoms with Crippen LogP contribution in [0.2, 0.25) is 0 Å². The number of hydrogen-bond donors (Lipinski definition) is 1. The van der Waals surface area contributed by atoms with E-state index in [1.54, 1.807) is 0 Å². The van der Waals surface area contributed by atoms with E-state index in [1.807, 2.05) is 0 Å². The molecule has 0 radical (unpaired) electrons. The first-order valence-electron chi connectivity index (χ1n) is 22.9. The van der Waals surface area contributed by atoms with Gasteiger partial charge in [0.1, 0.15) is 6.61 Å². The van der Waals surface area contributed by atoms with Crippen molar-refractivity contribution in [3.8, 4) is 0 Å². The molecule has 0 heterocycles. The average molecular weight is 843 g/mol. The van der Waals surface area contributed by atoms with Gasteiger partial charge in [0.05, 0.1) is 6.61 Å². The van der Waals surface area contributed by atoms with Crippen LogP contribution in [-0.2, 0) is 32.7 Å². The molecule has 0 aromatic rings. The van der Waals surface area contributed by atoms with Crippen molar-refractivity contribution in [2.24, 2.45) is 0 Å². The third-order valence-electron chi connectivity index (χ3n) is 9.32. The molecule has 0 aliphatic carbocycles. The summed E-state index contributed by atoms with van der Waals surface area (Å²) in [6.07, 6.45) is 60.3. The molecule has 0 aromatic heterocycles. The Balaban J connectivity index is 4.01. The van der Waals surface area contributed by atoms with E-state index in [4.69, 9.17) is 14.0 Å². The third-order valence-corrected chi connectivity index (χ3v) is 10.3. The maximum atomic E-state index is 12.6. The van der Waals surface area contributed by atoms with Crippen molar-refractivity contribution in [2.75, 3.05) is 20.3 Å². The quantitative estimate of drug-likeness (QED) is 0.0281. The van der Waals surface area contributed by atoms with Crippen molar-refractivity contribution < 1.29 is 37.6 Å². The molecular weight excluding hydrogens is 760 g/mol. The van der Waals surface area contributed by atoms with E-state index in [-0.39, 0.29) is 19.4 Å². The van der Waals surface area contributed by atoms with Gasteiger partial charge in [-0.2, -0.15) is 0 Å². The van der Waals surface area contributed by atoms with Gasteiger partial charge in [0.2, 0.25) is 0 Å². The number of carbonyl (C=O) groups excluding carboxylic acids is 2. The van der Waals surface area contributed by atoms with Crippen LogP contribution in [0, 0.1) is 0 Å². The fourth-order valence-corrected chi connectivity index (χ4v) is 6.34. The number of ether oxygens (including phenoxy) is 2. The Kier molecular flexibility index (Phi) is 42.2. The zero-order valence-corrected chi connectivity index (χ0v) is 38.3. The topological polar surface area (TPSA) is 108 Å². The zero-order valence-electron chi connectivity index (χ0n) is 37.4. The van der Waals surface area contributed by atoms with E-state index in [1.165, 1.54) is 38.5 Å². The molecule has 0 aliphatic heterocycles. The van der Waals surface area contributed by atoms with Gasteiger partial charge >= 0.3 is 19.8 Å². The molecule has 0 spiro atoms. The van der Waals surface area contributed by atoms with E-state index in [2.05, 4.69) is 116 Å². The van der Waals surface area contributed by atoms with Crippen LogP contribution in [-0.4, -0.2) is 43.3 Å². The lowest BCUT2D eigenvalue weighted by Crippen LogP contribution is -2.29. The van der Waals surface area contributed by atoms with Crippen LogP contribution in [0.4, 0.5) is 0 Å². The van der Waals surface area contributed by atoms with E-state index < -0.39 is 32.5 Å². The number of esters is 2. The summed E-state index contributed by atoms with van der Waals surface area (Å²) in [6, 6.07) is 0. The highest BCUT2D eigenvalue weighted by Crippen LogP contribution is 2.42. The van der Waals surface area contributed by atoms with Crippen molar-refractivity contribution in [3.63, 3.8) is 0 Å². The largest absolute Gasteiger partial charge is 0.472 e. The van der Waals surface area contributed by atoms with Crippen LogP contribution in [0.15, 0.2) is 97.2 Å². The predicted octanol–water partition coefficient (Wildman–Crippen LogP) is 14.8. The Morgan fingerprint density at radius 1 is 0.475 bits per heavy atom. The molecular formula is C50H83O8P. The van der Waals surface area contributed by atoms with Gasteiger partial charge in [0.25, 0.3) is 0 Å². The van der Waals surface area contributed by atoms with Crippen molar-refractivity contribution >= 4 is 19.8 Å². The Hall–Kier alpha value is -3.03. The predicted molar refractivity (Wildman–Crippen MR) is 248 cm³/mol. The molecule has 8 nitrogen and oxygen atoms in total. The molecule has 1 N–H and O–H groups in total. The van der Waals surface area contributed by atoms with Crippen LogP contribution in [0.5, 0.6) is 0 Å². The molecule has 0 fully saturated rings. The van der Waals surface area contributed by atoms with Crippen LogP contribution in [0.25, 0.3) is 0 Å². The molecule has 0 saturated heterocycles. The molecule has 0 aliphatic rings. The summed E-state index contributed by atoms with van der Waals surface area (Å²) in [5, 5.41) is 0. The summed E-state index contributed by atoms with van der Waals surface area (Å²) in [5.74, 6) is -0.843. The Labute approximate surface area is 360 Å². The lowest BCUT2D eigenvalue weighted by atomic mass is 10.0. The third kappa shape index (κ3) is 44.4. The van der Waals surface area contributed by atoms with Gasteiger partial charge in [0, 0.05) is 20.0 Å². The number of phosphoric acid groups is 1. The fourth-order valence-electron chi connectivity index (χ4n) is 5.88. The molecule has 0 bridgehead atoms. The first-order valence-corrected chi connectivity index (χ1v) is 24.4. The van der Waals surface area contributed by atoms with E-state index in [0.29, 0.717) is 12.8 Å². The molecule has 0 amide bonds. The first kappa shape index (κ1) is 56.0. The SMILES string of the molecule is CC/C=C\C/C=C\C/C=C\C/C=C\CCCCCCCCCCCCC(=O)OC(COC(=O)CCCCCC/C=C\C/C=C\C/C=C\C/C=C\CC)COP(=O)(O)OC. The lowest BCUT2D eigenvalue weighted by molar-refractivity contribution is -0.161. The zero-order chi connectivity index (χ0) is 43.2. The summed E-state index contributed by atoms with van der Waals surface area (Å²) in [4.78, 5) is 34.6. The Morgan fingerprint density at radius 3 is 1.20 bits per heavy atom. The normalized spacial score (nSPS) is 14.2. The maximum Gasteiger partial charge on any atom is 0.472 e. The summed E-state index contributed by atoms with van der Waals surface area (Å²) in [5.41, 5.74) is 0. The van der Waals surface area contributed by atoms with Crippen LogP contribution in [0.1, 0.15) is 181 Å². The molecule has 2 unspecified atom stereocenters. The second-order valence-corrected chi connectivity index (χ2v) is 16.3. The van der Waals surface area contributed by atoms with Gasteiger partial charge in [-0.05, 0) is 89.9 Å². The molecule has 2 atom stereocenters. The highest BCUT2D eigenvalue weighted by molar-refractivity contribution is 7.47. The lowest BCUT2D eigenvalue weighted by Gasteiger charge is -2.19. The highest BCUT2D eigenvalue weighted by atomic mass is 31.2. The van der Waals surface area contributed by atoms with E-state index >= 15 is 0 Å². The second kappa shape index (κ2) is 44.5. The molecule has 9 heteroatoms. The molecule has 0 aromatic carbocycles. The van der Waals surface area contributed by atoms with Crippen molar-refractivity contribution in [1.29, 1.82) is 0 Å². The van der Waals surface area contributed by atoms with Gasteiger partial charge < -0.3 is 14.4 Å². The second-order valence-electron chi connectivity index (χ2n) is 14.8. The summed E-state index contributed by atoms with van der Waals surface area (Å²) < 4.78 is 32.0. The minimum absolute atomic E-state index is 0.228. The van der Waals surface area contributed by atoms with Crippen molar-refractivity contribution in [3.05, 3.63) is 97.2 Å². The molecule has 0 saturated carbocycles. The molecule has 59 heavy (non-hydrogen) atoms. The number of rotatable bonds is 41. The van der Waals surface area contributed by atoms with E-state index in [9.17, 15) is 19.0 Å². The first-order chi connectivity index (χ1) is 28.8. The number of unbranched alkanes of at least 4 members (excludes halogenated alkanes) is 14. The summed E-state index contributed by atoms with van der Waals surface area (Å²) >= 11 is 0. The Morgan fingerprint density at radius 2 is 0.814 bits per heavy atom. The number of hydrogen-bond acceptors (Lipinski definition) is 7. The number of carbonyl (C=O) groups is 2. The smallest absolute Gasteiger partial charge is 0.462 e. The summed E-state index contributed by atoms with van der Waals surface area (Å²) in [6.45, 7) is 3.64. The van der Waals surface area contributed by atoms with Crippen LogP contribution in [0.3, 0.4) is 0 Å². The van der Waals surface area contributed by atoms with E-state index in [0.717, 1.165) is 110 Å². The van der Waals surface area contributed by atoms with Gasteiger partial charge in [-0.15, -0.1) is 0 Å². The van der Waals surface area contributed by atoms with Crippen LogP contribution < -0.4 is 0 Å². The standard InChI is InChI=1S/C50H83O8P/c1-4-6-8-10-12-14-16-18-20-22-23-24-25-26-27-29-31-33-35-37-39-41-43-45-50(52)58-48(47-57-59(53,54)55-3)46-56-49(51)44-42-40-38-36-34-32-30-28-21-19-17-15-13-11-9-7-5-2/h6-9,12-15,18-21,23-24,30,32,48H,4-5,10-11,16-17,22,25-29,31,33-47H2,1-3H3,(H,53,54)/b8-6-,9-7-,14-12-,15-13-,20-18-,21-19-,24-23-,32-30-. The monoisotopic (exact) mass is 843 g/mol. The minimum atomic E-state index is -4.28. The van der Waals surface area contributed by atoms with Crippen molar-refractivity contribution in [1.82, 2.24) is 0 Å². The summed E-state index contributed by atoms with van der Waals surface area (Å²) in [7, 11) is -3.22. The maximum absolute atomic E-state index is 12.6. The van der Waals surface area contributed by atoms with Gasteiger partial charge in [-0.3, -0.25) is 18.6 Å². The highest BCUT2D eigenvalue weighted by Gasteiger charge is 2.24. The average Bonchev–Trinajstić information content (AvgIpc) is 3.23. The Bertz CT molecular complexity index is 1280.